The molecule has 0 radical (unpaired) electrons. The molecule has 2 atom stereocenters. The predicted octanol–water partition coefficient (Wildman–Crippen LogP) is 2.19. The van der Waals surface area contributed by atoms with Crippen LogP contribution in [0.25, 0.3) is 0 Å². The number of hydrogen-bond acceptors (Lipinski definition) is 3. The van der Waals surface area contributed by atoms with Gasteiger partial charge in [-0.05, 0) is 55.8 Å². The fourth-order valence-electron chi connectivity index (χ4n) is 3.66. The third kappa shape index (κ3) is 2.63. The first kappa shape index (κ1) is 12.9. The third-order valence-electron chi connectivity index (χ3n) is 4.63. The van der Waals surface area contributed by atoms with Crippen molar-refractivity contribution in [1.29, 1.82) is 0 Å². The molecule has 0 aliphatic carbocycles. The second-order valence-electron chi connectivity index (χ2n) is 6.24. The Labute approximate surface area is 115 Å². The van der Waals surface area contributed by atoms with E-state index < -0.39 is 0 Å². The van der Waals surface area contributed by atoms with Crippen LogP contribution in [0.5, 0.6) is 5.75 Å². The number of fused-ring (bicyclic) bond motifs is 1. The molecule has 2 aliphatic rings. The maximum atomic E-state index is 9.84. The van der Waals surface area contributed by atoms with Crippen LogP contribution < -0.4 is 5.32 Å². The van der Waals surface area contributed by atoms with Gasteiger partial charge in [-0.15, -0.1) is 0 Å². The normalized spacial score (nSPS) is 27.5. The van der Waals surface area contributed by atoms with Gasteiger partial charge in [-0.2, -0.15) is 0 Å². The Kier molecular flexibility index (Phi) is 3.50. The Morgan fingerprint density at radius 1 is 1.26 bits per heavy atom. The number of nitrogens with zero attached hydrogens (tertiary/aromatic N) is 1. The topological polar surface area (TPSA) is 35.5 Å². The van der Waals surface area contributed by atoms with Gasteiger partial charge in [0.1, 0.15) is 5.75 Å². The smallest absolute Gasteiger partial charge is 0.121 e. The Balaban J connectivity index is 1.69. The van der Waals surface area contributed by atoms with Crippen molar-refractivity contribution in [2.45, 2.75) is 39.3 Å². The van der Waals surface area contributed by atoms with Crippen molar-refractivity contribution in [1.82, 2.24) is 10.2 Å². The number of phenolic OH excluding ortho intramolecular Hbond substituents is 1. The van der Waals surface area contributed by atoms with Gasteiger partial charge in [-0.3, -0.25) is 4.90 Å². The Hall–Kier alpha value is -1.06. The lowest BCUT2D eigenvalue weighted by atomic mass is 9.94. The monoisotopic (exact) mass is 260 g/mol. The highest BCUT2D eigenvalue weighted by Crippen LogP contribution is 2.28. The fraction of sp³-hybridized carbons (Fsp3) is 0.625. The summed E-state index contributed by atoms with van der Waals surface area (Å²) >= 11 is 0. The first-order valence-corrected chi connectivity index (χ1v) is 7.38. The molecule has 2 fully saturated rings. The van der Waals surface area contributed by atoms with E-state index in [4.69, 9.17) is 0 Å². The number of phenols is 1. The van der Waals surface area contributed by atoms with Gasteiger partial charge in [0, 0.05) is 25.7 Å². The summed E-state index contributed by atoms with van der Waals surface area (Å²) in [4.78, 5) is 2.55. The van der Waals surface area contributed by atoms with Crippen LogP contribution in [0.1, 0.15) is 29.5 Å². The van der Waals surface area contributed by atoms with E-state index in [0.717, 1.165) is 23.6 Å². The van der Waals surface area contributed by atoms with Crippen LogP contribution in [0, 0.1) is 19.8 Å². The molecule has 0 spiro atoms. The zero-order valence-electron chi connectivity index (χ0n) is 11.9. The van der Waals surface area contributed by atoms with E-state index in [9.17, 15) is 5.11 Å². The van der Waals surface area contributed by atoms with Crippen molar-refractivity contribution >= 4 is 0 Å². The zero-order chi connectivity index (χ0) is 13.4. The highest BCUT2D eigenvalue weighted by atomic mass is 16.3. The minimum Gasteiger partial charge on any atom is -0.507 e. The van der Waals surface area contributed by atoms with Crippen molar-refractivity contribution in [3.63, 3.8) is 0 Å². The molecule has 2 saturated heterocycles. The molecule has 0 aromatic heterocycles. The number of aromatic hydroxyl groups is 1. The summed E-state index contributed by atoms with van der Waals surface area (Å²) < 4.78 is 0. The average Bonchev–Trinajstić information content (AvgIpc) is 2.78. The van der Waals surface area contributed by atoms with Crippen LogP contribution in [0.4, 0.5) is 0 Å². The molecule has 3 nitrogen and oxygen atoms in total. The summed E-state index contributed by atoms with van der Waals surface area (Å²) in [7, 11) is 0. The lowest BCUT2D eigenvalue weighted by molar-refractivity contribution is 0.312. The van der Waals surface area contributed by atoms with Crippen molar-refractivity contribution in [2.75, 3.05) is 19.6 Å². The van der Waals surface area contributed by atoms with Gasteiger partial charge < -0.3 is 10.4 Å². The molecule has 1 aromatic carbocycles. The van der Waals surface area contributed by atoms with Crippen LogP contribution >= 0.6 is 0 Å². The molecular formula is C16H24N2O. The molecule has 1 aromatic rings. The zero-order valence-corrected chi connectivity index (χ0v) is 11.9. The van der Waals surface area contributed by atoms with Gasteiger partial charge in [-0.25, -0.2) is 0 Å². The van der Waals surface area contributed by atoms with Crippen molar-refractivity contribution < 1.29 is 5.11 Å². The van der Waals surface area contributed by atoms with Gasteiger partial charge in [-0.1, -0.05) is 12.1 Å². The Bertz CT molecular complexity index is 435. The SMILES string of the molecule is Cc1cc(CN2CC3CCCNC3C2)cc(C)c1O. The second kappa shape index (κ2) is 5.14. The number of benzene rings is 1. The second-order valence-corrected chi connectivity index (χ2v) is 6.24. The molecular weight excluding hydrogens is 236 g/mol. The van der Waals surface area contributed by atoms with E-state index in [1.165, 1.54) is 38.0 Å². The van der Waals surface area contributed by atoms with Crippen LogP contribution in [-0.2, 0) is 6.54 Å². The standard InChI is InChI=1S/C16H24N2O/c1-11-6-13(7-12(2)16(11)19)8-18-9-14-4-3-5-17-15(14)10-18/h6-7,14-15,17,19H,3-5,8-10H2,1-2H3. The van der Waals surface area contributed by atoms with E-state index in [1.54, 1.807) is 0 Å². The number of piperidine rings is 1. The molecule has 2 unspecified atom stereocenters. The van der Waals surface area contributed by atoms with E-state index in [0.29, 0.717) is 11.8 Å². The Morgan fingerprint density at radius 2 is 2.00 bits per heavy atom. The van der Waals surface area contributed by atoms with Crippen LogP contribution in [0.3, 0.4) is 0 Å². The molecule has 3 rings (SSSR count). The summed E-state index contributed by atoms with van der Waals surface area (Å²) in [5.74, 6) is 1.29. The minimum atomic E-state index is 0.445. The minimum absolute atomic E-state index is 0.445. The van der Waals surface area contributed by atoms with Crippen molar-refractivity contribution in [2.24, 2.45) is 5.92 Å². The van der Waals surface area contributed by atoms with E-state index in [-0.39, 0.29) is 0 Å². The largest absolute Gasteiger partial charge is 0.507 e. The summed E-state index contributed by atoms with van der Waals surface area (Å²) in [6, 6.07) is 4.95. The summed E-state index contributed by atoms with van der Waals surface area (Å²) in [6.45, 7) is 8.55. The van der Waals surface area contributed by atoms with Gasteiger partial charge in [0.25, 0.3) is 0 Å². The summed E-state index contributed by atoms with van der Waals surface area (Å²) in [6.07, 6.45) is 2.70. The maximum Gasteiger partial charge on any atom is 0.121 e. The number of rotatable bonds is 2. The van der Waals surface area contributed by atoms with Crippen molar-refractivity contribution in [3.05, 3.63) is 28.8 Å². The van der Waals surface area contributed by atoms with E-state index in [2.05, 4.69) is 22.3 Å². The first-order valence-electron chi connectivity index (χ1n) is 7.38. The lowest BCUT2D eigenvalue weighted by Gasteiger charge is -2.24. The Morgan fingerprint density at radius 3 is 2.68 bits per heavy atom. The average molecular weight is 260 g/mol. The predicted molar refractivity (Wildman–Crippen MR) is 77.4 cm³/mol. The number of aryl methyl sites for hydroxylation is 2. The van der Waals surface area contributed by atoms with Gasteiger partial charge in [0.2, 0.25) is 0 Å². The summed E-state index contributed by atoms with van der Waals surface area (Å²) in [5.41, 5.74) is 3.31. The van der Waals surface area contributed by atoms with E-state index >= 15 is 0 Å². The van der Waals surface area contributed by atoms with E-state index in [1.807, 2.05) is 13.8 Å². The van der Waals surface area contributed by atoms with Gasteiger partial charge >= 0.3 is 0 Å². The molecule has 0 amide bonds. The molecule has 0 bridgehead atoms. The molecule has 3 heteroatoms. The molecule has 19 heavy (non-hydrogen) atoms. The lowest BCUT2D eigenvalue weighted by Crippen LogP contribution is -2.40. The van der Waals surface area contributed by atoms with Crippen molar-refractivity contribution in [3.8, 4) is 5.75 Å². The molecule has 2 aliphatic heterocycles. The highest BCUT2D eigenvalue weighted by Gasteiger charge is 2.33. The molecule has 2 N–H and O–H groups in total. The molecule has 104 valence electrons. The molecule has 2 heterocycles. The van der Waals surface area contributed by atoms with Crippen LogP contribution in [-0.4, -0.2) is 35.7 Å². The third-order valence-corrected chi connectivity index (χ3v) is 4.63. The maximum absolute atomic E-state index is 9.84. The van der Waals surface area contributed by atoms with Gasteiger partial charge in [0.15, 0.2) is 0 Å². The summed E-state index contributed by atoms with van der Waals surface area (Å²) in [5, 5.41) is 13.5. The quantitative estimate of drug-likeness (QED) is 0.855. The first-order chi connectivity index (χ1) is 9.13. The van der Waals surface area contributed by atoms with Crippen LogP contribution in [0.2, 0.25) is 0 Å². The fourth-order valence-corrected chi connectivity index (χ4v) is 3.66. The van der Waals surface area contributed by atoms with Crippen LogP contribution in [0.15, 0.2) is 12.1 Å². The number of nitrogens with one attached hydrogen (secondary N) is 1. The number of likely N-dealkylation sites (tertiary alicyclic amines) is 1. The van der Waals surface area contributed by atoms with Gasteiger partial charge in [0.05, 0.1) is 0 Å². The molecule has 0 saturated carbocycles. The number of hydrogen-bond donors (Lipinski definition) is 2. The highest BCUT2D eigenvalue weighted by molar-refractivity contribution is 5.42.